The Balaban J connectivity index is 1.54. The third-order valence-electron chi connectivity index (χ3n) is 4.62. The number of hydrogen-bond donors (Lipinski definition) is 2. The standard InChI is InChI=1S/C27H25N3O6/c1-3-35-22-13-11-21(12-14-22)29-26(32)27(33)30-28-18-20-9-15-23(24(17-20)34-2)36-25(31)16-10-19-7-5-4-6-8-19/h4-18H,3H2,1-2H3,(H,29,32)(H,30,33). The first-order valence-corrected chi connectivity index (χ1v) is 11.0. The highest BCUT2D eigenvalue weighted by Gasteiger charge is 2.13. The second-order valence-corrected chi connectivity index (χ2v) is 7.19. The summed E-state index contributed by atoms with van der Waals surface area (Å²) in [6, 6.07) is 20.7. The summed E-state index contributed by atoms with van der Waals surface area (Å²) in [4.78, 5) is 36.2. The van der Waals surface area contributed by atoms with Crippen LogP contribution in [0.15, 0.2) is 84.0 Å². The number of ether oxygens (including phenoxy) is 3. The van der Waals surface area contributed by atoms with Gasteiger partial charge in [0.2, 0.25) is 0 Å². The van der Waals surface area contributed by atoms with Gasteiger partial charge in [0.25, 0.3) is 0 Å². The number of nitrogens with zero attached hydrogens (tertiary/aromatic N) is 1. The lowest BCUT2D eigenvalue weighted by Crippen LogP contribution is -2.32. The summed E-state index contributed by atoms with van der Waals surface area (Å²) in [6.07, 6.45) is 4.29. The minimum Gasteiger partial charge on any atom is -0.494 e. The van der Waals surface area contributed by atoms with Crippen LogP contribution in [0.3, 0.4) is 0 Å². The molecule has 36 heavy (non-hydrogen) atoms. The average Bonchev–Trinajstić information content (AvgIpc) is 2.90. The van der Waals surface area contributed by atoms with E-state index in [9.17, 15) is 14.4 Å². The van der Waals surface area contributed by atoms with Crippen LogP contribution < -0.4 is 25.0 Å². The van der Waals surface area contributed by atoms with Crippen molar-refractivity contribution in [1.29, 1.82) is 0 Å². The van der Waals surface area contributed by atoms with Gasteiger partial charge in [0, 0.05) is 11.8 Å². The number of methoxy groups -OCH3 is 1. The summed E-state index contributed by atoms with van der Waals surface area (Å²) in [7, 11) is 1.43. The SMILES string of the molecule is CCOc1ccc(NC(=O)C(=O)NN=Cc2ccc(OC(=O)C=Cc3ccccc3)c(OC)c2)cc1. The molecule has 2 N–H and O–H groups in total. The van der Waals surface area contributed by atoms with Gasteiger partial charge >= 0.3 is 17.8 Å². The number of amides is 2. The Bertz CT molecular complexity index is 1250. The molecule has 0 saturated heterocycles. The molecule has 0 unspecified atom stereocenters. The summed E-state index contributed by atoms with van der Waals surface area (Å²) in [6.45, 7) is 2.39. The summed E-state index contributed by atoms with van der Waals surface area (Å²) in [5, 5.41) is 6.26. The molecule has 3 rings (SSSR count). The molecule has 0 aliphatic rings. The predicted molar refractivity (Wildman–Crippen MR) is 136 cm³/mol. The molecule has 0 aliphatic heterocycles. The number of hydrazone groups is 1. The molecule has 0 spiro atoms. The smallest absolute Gasteiger partial charge is 0.336 e. The van der Waals surface area contributed by atoms with Crippen molar-refractivity contribution >= 4 is 35.8 Å². The zero-order valence-electron chi connectivity index (χ0n) is 19.8. The fourth-order valence-corrected chi connectivity index (χ4v) is 2.92. The van der Waals surface area contributed by atoms with Gasteiger partial charge in [0.05, 0.1) is 19.9 Å². The molecule has 2 amide bonds. The number of rotatable bonds is 9. The molecule has 0 bridgehead atoms. The van der Waals surface area contributed by atoms with Gasteiger partial charge in [-0.15, -0.1) is 0 Å². The van der Waals surface area contributed by atoms with Crippen LogP contribution in [-0.2, 0) is 14.4 Å². The van der Waals surface area contributed by atoms with E-state index in [4.69, 9.17) is 14.2 Å². The Hall–Kier alpha value is -4.92. The molecule has 0 fully saturated rings. The molecule has 0 atom stereocenters. The summed E-state index contributed by atoms with van der Waals surface area (Å²) < 4.78 is 16.0. The maximum absolute atomic E-state index is 12.1. The summed E-state index contributed by atoms with van der Waals surface area (Å²) >= 11 is 0. The molecular weight excluding hydrogens is 462 g/mol. The Morgan fingerprint density at radius 2 is 1.64 bits per heavy atom. The van der Waals surface area contributed by atoms with Crippen LogP contribution in [-0.4, -0.2) is 37.7 Å². The topological polar surface area (TPSA) is 115 Å². The van der Waals surface area contributed by atoms with Gasteiger partial charge in [-0.3, -0.25) is 9.59 Å². The number of hydrogen-bond acceptors (Lipinski definition) is 7. The molecule has 9 heteroatoms. The van der Waals surface area contributed by atoms with Crippen molar-refractivity contribution < 1.29 is 28.6 Å². The maximum Gasteiger partial charge on any atom is 0.336 e. The third-order valence-corrected chi connectivity index (χ3v) is 4.62. The van der Waals surface area contributed by atoms with Gasteiger partial charge in [-0.25, -0.2) is 10.2 Å². The van der Waals surface area contributed by atoms with E-state index in [1.165, 1.54) is 25.5 Å². The van der Waals surface area contributed by atoms with Gasteiger partial charge in [-0.2, -0.15) is 5.10 Å². The van der Waals surface area contributed by atoms with E-state index in [0.29, 0.717) is 29.4 Å². The van der Waals surface area contributed by atoms with Crippen molar-refractivity contribution in [2.75, 3.05) is 19.0 Å². The lowest BCUT2D eigenvalue weighted by molar-refractivity contribution is -0.136. The van der Waals surface area contributed by atoms with Crippen LogP contribution in [0.5, 0.6) is 17.2 Å². The van der Waals surface area contributed by atoms with Crippen molar-refractivity contribution in [3.63, 3.8) is 0 Å². The minimum atomic E-state index is -0.942. The maximum atomic E-state index is 12.1. The highest BCUT2D eigenvalue weighted by Crippen LogP contribution is 2.28. The molecule has 0 saturated carbocycles. The Morgan fingerprint density at radius 1 is 0.889 bits per heavy atom. The van der Waals surface area contributed by atoms with Crippen LogP contribution in [0.1, 0.15) is 18.1 Å². The zero-order chi connectivity index (χ0) is 25.8. The van der Waals surface area contributed by atoms with Crippen LogP contribution in [0.4, 0.5) is 5.69 Å². The van der Waals surface area contributed by atoms with E-state index < -0.39 is 17.8 Å². The molecule has 0 heterocycles. The lowest BCUT2D eigenvalue weighted by atomic mass is 10.2. The lowest BCUT2D eigenvalue weighted by Gasteiger charge is -2.08. The molecule has 0 aromatic heterocycles. The first-order chi connectivity index (χ1) is 17.5. The first kappa shape index (κ1) is 25.7. The second-order valence-electron chi connectivity index (χ2n) is 7.19. The molecule has 0 radical (unpaired) electrons. The number of benzene rings is 3. The molecule has 0 aliphatic carbocycles. The number of carbonyl (C=O) groups excluding carboxylic acids is 3. The fraction of sp³-hybridized carbons (Fsp3) is 0.111. The Labute approximate surface area is 208 Å². The molecule has 184 valence electrons. The van der Waals surface area contributed by atoms with Gasteiger partial charge in [-0.1, -0.05) is 30.3 Å². The van der Waals surface area contributed by atoms with E-state index >= 15 is 0 Å². The van der Waals surface area contributed by atoms with Gasteiger partial charge in [0.1, 0.15) is 5.75 Å². The largest absolute Gasteiger partial charge is 0.494 e. The first-order valence-electron chi connectivity index (χ1n) is 11.0. The third kappa shape index (κ3) is 7.84. The normalized spacial score (nSPS) is 10.7. The number of carbonyl (C=O) groups is 3. The van der Waals surface area contributed by atoms with E-state index in [1.54, 1.807) is 42.5 Å². The second kappa shape index (κ2) is 13.1. The van der Waals surface area contributed by atoms with E-state index in [1.807, 2.05) is 37.3 Å². The van der Waals surface area contributed by atoms with Crippen molar-refractivity contribution in [3.05, 3.63) is 90.0 Å². The zero-order valence-corrected chi connectivity index (χ0v) is 19.8. The Kier molecular flexibility index (Phi) is 9.35. The van der Waals surface area contributed by atoms with Crippen molar-refractivity contribution in [1.82, 2.24) is 5.43 Å². The van der Waals surface area contributed by atoms with Crippen LogP contribution >= 0.6 is 0 Å². The molecular formula is C27H25N3O6. The van der Waals surface area contributed by atoms with E-state index in [-0.39, 0.29) is 5.75 Å². The number of esters is 1. The summed E-state index contributed by atoms with van der Waals surface area (Å²) in [5.74, 6) is -1.22. The summed E-state index contributed by atoms with van der Waals surface area (Å²) in [5.41, 5.74) is 4.00. The highest BCUT2D eigenvalue weighted by atomic mass is 16.6. The molecule has 3 aromatic carbocycles. The van der Waals surface area contributed by atoms with Crippen LogP contribution in [0.25, 0.3) is 6.08 Å². The van der Waals surface area contributed by atoms with Gasteiger partial charge < -0.3 is 19.5 Å². The Morgan fingerprint density at radius 3 is 2.33 bits per heavy atom. The van der Waals surface area contributed by atoms with Gasteiger partial charge in [0.15, 0.2) is 11.5 Å². The van der Waals surface area contributed by atoms with Crippen molar-refractivity contribution in [2.24, 2.45) is 5.10 Å². The van der Waals surface area contributed by atoms with E-state index in [2.05, 4.69) is 15.8 Å². The van der Waals surface area contributed by atoms with Gasteiger partial charge in [-0.05, 0) is 66.6 Å². The monoisotopic (exact) mass is 487 g/mol. The number of anilines is 1. The minimum absolute atomic E-state index is 0.219. The van der Waals surface area contributed by atoms with E-state index in [0.717, 1.165) is 5.56 Å². The van der Waals surface area contributed by atoms with Crippen LogP contribution in [0, 0.1) is 0 Å². The predicted octanol–water partition coefficient (Wildman–Crippen LogP) is 3.80. The average molecular weight is 488 g/mol. The van der Waals surface area contributed by atoms with Crippen LogP contribution in [0.2, 0.25) is 0 Å². The highest BCUT2D eigenvalue weighted by molar-refractivity contribution is 6.39. The molecule has 3 aromatic rings. The van der Waals surface area contributed by atoms with Crippen molar-refractivity contribution in [2.45, 2.75) is 6.92 Å². The van der Waals surface area contributed by atoms with Crippen molar-refractivity contribution in [3.8, 4) is 17.2 Å². The molecule has 9 nitrogen and oxygen atoms in total. The quantitative estimate of drug-likeness (QED) is 0.118. The fourth-order valence-electron chi connectivity index (χ4n) is 2.92. The number of nitrogens with one attached hydrogen (secondary N) is 2.